The molecule has 0 aromatic rings. The Kier molecular flexibility index (Phi) is 10.8. The van der Waals surface area contributed by atoms with Crippen molar-refractivity contribution in [3.63, 3.8) is 0 Å². The zero-order chi connectivity index (χ0) is 22.8. The Labute approximate surface area is 180 Å². The predicted molar refractivity (Wildman–Crippen MR) is 113 cm³/mol. The average molecular weight is 427 g/mol. The van der Waals surface area contributed by atoms with Gasteiger partial charge in [-0.2, -0.15) is 0 Å². The van der Waals surface area contributed by atoms with Crippen molar-refractivity contribution in [1.29, 1.82) is 0 Å². The molecule has 1 saturated heterocycles. The number of nitrogens with zero attached hydrogens (tertiary/aromatic N) is 2. The number of piperazine rings is 1. The molecule has 8 heteroatoms. The topological polar surface area (TPSA) is 93.2 Å². The van der Waals surface area contributed by atoms with Crippen molar-refractivity contribution in [2.45, 2.75) is 104 Å². The molecule has 0 aliphatic carbocycles. The SMILES string of the molecule is CC(=O)O[C@H](C)CCCCN1C(=O)C(C)N(CCCC[C@@H](C)OC(C)=O)C(=O)C1C. The number of hydrogen-bond donors (Lipinski definition) is 0. The van der Waals surface area contributed by atoms with Gasteiger partial charge in [-0.15, -0.1) is 0 Å². The number of hydrogen-bond acceptors (Lipinski definition) is 6. The second kappa shape index (κ2) is 12.5. The normalized spacial score (nSPS) is 21.4. The summed E-state index contributed by atoms with van der Waals surface area (Å²) in [5, 5.41) is 0. The molecule has 0 spiro atoms. The molecule has 1 rings (SSSR count). The van der Waals surface area contributed by atoms with E-state index >= 15 is 0 Å². The lowest BCUT2D eigenvalue weighted by molar-refractivity contribution is -0.160. The van der Waals surface area contributed by atoms with Crippen molar-refractivity contribution in [1.82, 2.24) is 9.80 Å². The Balaban J connectivity index is 2.45. The smallest absolute Gasteiger partial charge is 0.302 e. The molecule has 2 amide bonds. The number of ether oxygens (including phenoxy) is 2. The third-order valence-electron chi connectivity index (χ3n) is 5.47. The highest BCUT2D eigenvalue weighted by Crippen LogP contribution is 2.20. The van der Waals surface area contributed by atoms with E-state index in [0.29, 0.717) is 13.1 Å². The summed E-state index contributed by atoms with van der Waals surface area (Å²) in [5.41, 5.74) is 0. The monoisotopic (exact) mass is 426 g/mol. The number of amides is 2. The second-order valence-electron chi connectivity index (χ2n) is 8.25. The van der Waals surface area contributed by atoms with E-state index < -0.39 is 12.1 Å². The van der Waals surface area contributed by atoms with Crippen molar-refractivity contribution in [2.75, 3.05) is 13.1 Å². The number of rotatable bonds is 12. The Morgan fingerprint density at radius 1 is 0.767 bits per heavy atom. The quantitative estimate of drug-likeness (QED) is 0.352. The van der Waals surface area contributed by atoms with Crippen LogP contribution in [0.25, 0.3) is 0 Å². The summed E-state index contributed by atoms with van der Waals surface area (Å²) in [5.74, 6) is -0.628. The molecule has 1 aliphatic rings. The van der Waals surface area contributed by atoms with Gasteiger partial charge in [0, 0.05) is 26.9 Å². The van der Waals surface area contributed by atoms with Crippen molar-refractivity contribution >= 4 is 23.8 Å². The number of carbonyl (C=O) groups is 4. The molecule has 2 unspecified atom stereocenters. The molecule has 172 valence electrons. The van der Waals surface area contributed by atoms with Crippen LogP contribution in [0.3, 0.4) is 0 Å². The molecule has 0 N–H and O–H groups in total. The summed E-state index contributed by atoms with van der Waals surface area (Å²) in [6.45, 7) is 11.1. The molecule has 0 bridgehead atoms. The van der Waals surface area contributed by atoms with E-state index in [-0.39, 0.29) is 36.0 Å². The zero-order valence-electron chi connectivity index (χ0n) is 19.3. The van der Waals surface area contributed by atoms with Crippen LogP contribution in [-0.2, 0) is 28.7 Å². The van der Waals surface area contributed by atoms with E-state index in [4.69, 9.17) is 9.47 Å². The molecule has 4 atom stereocenters. The van der Waals surface area contributed by atoms with Gasteiger partial charge < -0.3 is 19.3 Å². The van der Waals surface area contributed by atoms with Crippen molar-refractivity contribution < 1.29 is 28.7 Å². The number of unbranched alkanes of at least 4 members (excludes halogenated alkanes) is 2. The van der Waals surface area contributed by atoms with Crippen LogP contribution in [-0.4, -0.2) is 70.9 Å². The summed E-state index contributed by atoms with van der Waals surface area (Å²) >= 11 is 0. The van der Waals surface area contributed by atoms with Gasteiger partial charge in [-0.05, 0) is 66.2 Å². The Morgan fingerprint density at radius 2 is 1.10 bits per heavy atom. The molecule has 1 aliphatic heterocycles. The summed E-state index contributed by atoms with van der Waals surface area (Å²) in [7, 11) is 0. The molecule has 30 heavy (non-hydrogen) atoms. The minimum Gasteiger partial charge on any atom is -0.463 e. The summed E-state index contributed by atoms with van der Waals surface area (Å²) in [4.78, 5) is 50.9. The molecule has 8 nitrogen and oxygen atoms in total. The predicted octanol–water partition coefficient (Wildman–Crippen LogP) is 2.68. The third kappa shape index (κ3) is 8.32. The highest BCUT2D eigenvalue weighted by molar-refractivity contribution is 5.96. The van der Waals surface area contributed by atoms with Crippen LogP contribution in [0.5, 0.6) is 0 Å². The van der Waals surface area contributed by atoms with Gasteiger partial charge in [-0.25, -0.2) is 0 Å². The van der Waals surface area contributed by atoms with Gasteiger partial charge >= 0.3 is 11.9 Å². The van der Waals surface area contributed by atoms with Gasteiger partial charge in [0.25, 0.3) is 0 Å². The first-order valence-corrected chi connectivity index (χ1v) is 11.0. The molecular formula is C22H38N2O6. The standard InChI is InChI=1S/C22H38N2O6/c1-15(29-19(5)25)11-7-9-13-23-17(3)22(28)24(18(4)21(23)27)14-10-8-12-16(2)30-20(6)26/h15-18H,7-14H2,1-6H3/t15-,16-,17?,18?/m1/s1. The Hall–Kier alpha value is -2.12. The highest BCUT2D eigenvalue weighted by atomic mass is 16.5. The Bertz CT molecular complexity index is 556. The summed E-state index contributed by atoms with van der Waals surface area (Å²) in [6.07, 6.45) is 4.34. The van der Waals surface area contributed by atoms with Gasteiger partial charge in [0.1, 0.15) is 12.1 Å². The summed E-state index contributed by atoms with van der Waals surface area (Å²) in [6, 6.07) is -0.945. The fourth-order valence-electron chi connectivity index (χ4n) is 3.85. The van der Waals surface area contributed by atoms with Crippen LogP contribution in [0.4, 0.5) is 0 Å². The fourth-order valence-corrected chi connectivity index (χ4v) is 3.85. The fraction of sp³-hybridized carbons (Fsp3) is 0.818. The minimum atomic E-state index is -0.473. The van der Waals surface area contributed by atoms with Gasteiger partial charge in [0.2, 0.25) is 11.8 Å². The van der Waals surface area contributed by atoms with Crippen LogP contribution in [0, 0.1) is 0 Å². The minimum absolute atomic E-state index is 0.0246. The number of carbonyl (C=O) groups excluding carboxylic acids is 4. The molecule has 0 aromatic carbocycles. The number of esters is 2. The zero-order valence-corrected chi connectivity index (χ0v) is 19.3. The van der Waals surface area contributed by atoms with E-state index in [1.807, 2.05) is 13.8 Å². The van der Waals surface area contributed by atoms with Crippen LogP contribution in [0.2, 0.25) is 0 Å². The van der Waals surface area contributed by atoms with Crippen LogP contribution in [0.1, 0.15) is 80.1 Å². The first-order chi connectivity index (χ1) is 14.0. The highest BCUT2D eigenvalue weighted by Gasteiger charge is 2.40. The Morgan fingerprint density at radius 3 is 1.40 bits per heavy atom. The lowest BCUT2D eigenvalue weighted by Crippen LogP contribution is -2.63. The van der Waals surface area contributed by atoms with Crippen LogP contribution < -0.4 is 0 Å². The van der Waals surface area contributed by atoms with Gasteiger partial charge in [-0.1, -0.05) is 0 Å². The van der Waals surface area contributed by atoms with Gasteiger partial charge in [0.05, 0.1) is 12.2 Å². The first-order valence-electron chi connectivity index (χ1n) is 11.0. The largest absolute Gasteiger partial charge is 0.463 e. The molecule has 0 aromatic heterocycles. The van der Waals surface area contributed by atoms with Gasteiger partial charge in [-0.3, -0.25) is 19.2 Å². The molecule has 1 fully saturated rings. The molecular weight excluding hydrogens is 388 g/mol. The van der Waals surface area contributed by atoms with Crippen LogP contribution >= 0.6 is 0 Å². The molecule has 1 heterocycles. The lowest BCUT2D eigenvalue weighted by atomic mass is 10.0. The summed E-state index contributed by atoms with van der Waals surface area (Å²) < 4.78 is 10.2. The van der Waals surface area contributed by atoms with E-state index in [1.54, 1.807) is 23.6 Å². The van der Waals surface area contributed by atoms with Crippen molar-refractivity contribution in [2.24, 2.45) is 0 Å². The first kappa shape index (κ1) is 25.9. The lowest BCUT2D eigenvalue weighted by Gasteiger charge is -2.43. The maximum atomic E-state index is 12.8. The third-order valence-corrected chi connectivity index (χ3v) is 5.47. The molecule has 0 radical (unpaired) electrons. The maximum absolute atomic E-state index is 12.8. The molecule has 0 saturated carbocycles. The van der Waals surface area contributed by atoms with Crippen molar-refractivity contribution in [3.05, 3.63) is 0 Å². The van der Waals surface area contributed by atoms with Crippen molar-refractivity contribution in [3.8, 4) is 0 Å². The van der Waals surface area contributed by atoms with E-state index in [2.05, 4.69) is 0 Å². The van der Waals surface area contributed by atoms with E-state index in [9.17, 15) is 19.2 Å². The van der Waals surface area contributed by atoms with E-state index in [1.165, 1.54) is 13.8 Å². The van der Waals surface area contributed by atoms with Gasteiger partial charge in [0.15, 0.2) is 0 Å². The average Bonchev–Trinajstić information content (AvgIpc) is 2.64. The second-order valence-corrected chi connectivity index (χ2v) is 8.25. The van der Waals surface area contributed by atoms with Crippen LogP contribution in [0.15, 0.2) is 0 Å². The van der Waals surface area contributed by atoms with E-state index in [0.717, 1.165) is 38.5 Å². The maximum Gasteiger partial charge on any atom is 0.302 e.